The summed E-state index contributed by atoms with van der Waals surface area (Å²) in [4.78, 5) is 37.2. The molecule has 1 aliphatic heterocycles. The van der Waals surface area contributed by atoms with Gasteiger partial charge in [0.05, 0.1) is 11.4 Å². The maximum absolute atomic E-state index is 11.4. The van der Waals surface area contributed by atoms with Gasteiger partial charge in [0.1, 0.15) is 0 Å². The van der Waals surface area contributed by atoms with Gasteiger partial charge in [-0.2, -0.15) is 4.99 Å². The normalized spacial score (nSPS) is 14.1. The summed E-state index contributed by atoms with van der Waals surface area (Å²) in [5, 5.41) is 0. The smallest absolute Gasteiger partial charge is 0.258 e. The van der Waals surface area contributed by atoms with Crippen molar-refractivity contribution < 1.29 is 14.4 Å². The highest BCUT2D eigenvalue weighted by molar-refractivity contribution is 6.28. The van der Waals surface area contributed by atoms with Crippen LogP contribution in [0.5, 0.6) is 0 Å². The van der Waals surface area contributed by atoms with E-state index in [-0.39, 0.29) is 0 Å². The van der Waals surface area contributed by atoms with Gasteiger partial charge in [-0.3, -0.25) is 9.59 Å². The monoisotopic (exact) mass is 214 g/mol. The van der Waals surface area contributed by atoms with Crippen LogP contribution in [0.1, 0.15) is 0 Å². The molecule has 1 aliphatic rings. The van der Waals surface area contributed by atoms with E-state index in [0.717, 1.165) is 4.90 Å². The fraction of sp³-hybridized carbons (Fsp3) is 0. The molecule has 1 heterocycles. The molecule has 1 aromatic rings. The standard InChI is InChI=1S/C11H6N2O3/c14-7-12-8-2-1-3-9(6-8)13-10(15)4-5-11(13)16/h1-6H. The average molecular weight is 214 g/mol. The van der Waals surface area contributed by atoms with Crippen LogP contribution < -0.4 is 4.90 Å². The van der Waals surface area contributed by atoms with Gasteiger partial charge in [0.25, 0.3) is 11.8 Å². The number of hydrogen-bond acceptors (Lipinski definition) is 4. The van der Waals surface area contributed by atoms with Crippen LogP contribution in [0.15, 0.2) is 41.4 Å². The fourth-order valence-corrected chi connectivity index (χ4v) is 1.41. The number of anilines is 1. The van der Waals surface area contributed by atoms with Gasteiger partial charge in [-0.15, -0.1) is 0 Å². The largest absolute Gasteiger partial charge is 0.269 e. The summed E-state index contributed by atoms with van der Waals surface area (Å²) in [6, 6.07) is 6.23. The van der Waals surface area contributed by atoms with Crippen molar-refractivity contribution in [1.29, 1.82) is 0 Å². The molecule has 0 saturated heterocycles. The zero-order chi connectivity index (χ0) is 11.5. The zero-order valence-electron chi connectivity index (χ0n) is 8.08. The summed E-state index contributed by atoms with van der Waals surface area (Å²) in [7, 11) is 0. The number of imide groups is 1. The second-order valence-corrected chi connectivity index (χ2v) is 3.07. The Kier molecular flexibility index (Phi) is 2.45. The molecule has 0 saturated carbocycles. The first kappa shape index (κ1) is 10.0. The number of hydrogen-bond donors (Lipinski definition) is 0. The molecule has 78 valence electrons. The van der Waals surface area contributed by atoms with Gasteiger partial charge < -0.3 is 0 Å². The topological polar surface area (TPSA) is 66.8 Å². The quantitative estimate of drug-likeness (QED) is 0.420. The van der Waals surface area contributed by atoms with E-state index in [0.29, 0.717) is 11.4 Å². The highest BCUT2D eigenvalue weighted by atomic mass is 16.2. The van der Waals surface area contributed by atoms with Crippen molar-refractivity contribution in [2.45, 2.75) is 0 Å². The molecule has 0 fully saturated rings. The fourth-order valence-electron chi connectivity index (χ4n) is 1.41. The molecule has 0 aromatic heterocycles. The molecule has 0 bridgehead atoms. The highest BCUT2D eigenvalue weighted by Crippen LogP contribution is 2.23. The Morgan fingerprint density at radius 2 is 1.81 bits per heavy atom. The summed E-state index contributed by atoms with van der Waals surface area (Å²) in [6.45, 7) is 0. The van der Waals surface area contributed by atoms with E-state index < -0.39 is 11.8 Å². The minimum absolute atomic E-state index is 0.347. The van der Waals surface area contributed by atoms with Crippen molar-refractivity contribution in [3.8, 4) is 0 Å². The number of nitrogens with zero attached hydrogens (tertiary/aromatic N) is 2. The predicted molar refractivity (Wildman–Crippen MR) is 55.9 cm³/mol. The zero-order valence-corrected chi connectivity index (χ0v) is 8.08. The Labute approximate surface area is 90.7 Å². The van der Waals surface area contributed by atoms with Gasteiger partial charge in [0.2, 0.25) is 6.08 Å². The van der Waals surface area contributed by atoms with Crippen LogP contribution in [0.2, 0.25) is 0 Å². The van der Waals surface area contributed by atoms with E-state index in [1.54, 1.807) is 18.2 Å². The first-order chi connectivity index (χ1) is 7.72. The van der Waals surface area contributed by atoms with E-state index in [9.17, 15) is 14.4 Å². The van der Waals surface area contributed by atoms with E-state index in [1.165, 1.54) is 24.3 Å². The van der Waals surface area contributed by atoms with Crippen molar-refractivity contribution in [3.63, 3.8) is 0 Å². The lowest BCUT2D eigenvalue weighted by atomic mass is 10.2. The summed E-state index contributed by atoms with van der Waals surface area (Å²) in [5.41, 5.74) is 0.733. The first-order valence-electron chi connectivity index (χ1n) is 4.46. The lowest BCUT2D eigenvalue weighted by Crippen LogP contribution is -2.29. The lowest BCUT2D eigenvalue weighted by Gasteiger charge is -2.13. The van der Waals surface area contributed by atoms with Crippen molar-refractivity contribution in [2.75, 3.05) is 4.90 Å². The molecule has 0 radical (unpaired) electrons. The molecule has 2 amide bonds. The highest BCUT2D eigenvalue weighted by Gasteiger charge is 2.24. The molecule has 0 spiro atoms. The predicted octanol–water partition coefficient (Wildman–Crippen LogP) is 1.08. The van der Waals surface area contributed by atoms with Crippen molar-refractivity contribution in [2.24, 2.45) is 4.99 Å². The minimum atomic E-state index is -0.405. The molecule has 5 nitrogen and oxygen atoms in total. The van der Waals surface area contributed by atoms with Crippen molar-refractivity contribution in [3.05, 3.63) is 36.4 Å². The van der Waals surface area contributed by atoms with Crippen LogP contribution in [-0.4, -0.2) is 17.9 Å². The van der Waals surface area contributed by atoms with Crippen LogP contribution in [0.25, 0.3) is 0 Å². The van der Waals surface area contributed by atoms with Gasteiger partial charge in [0.15, 0.2) is 0 Å². The van der Waals surface area contributed by atoms with Gasteiger partial charge in [-0.1, -0.05) is 6.07 Å². The molecule has 0 unspecified atom stereocenters. The number of aliphatic imine (C=N–C) groups is 1. The number of benzene rings is 1. The summed E-state index contributed by atoms with van der Waals surface area (Å²) in [5.74, 6) is -0.811. The first-order valence-corrected chi connectivity index (χ1v) is 4.46. The van der Waals surface area contributed by atoms with Crippen LogP contribution >= 0.6 is 0 Å². The SMILES string of the molecule is O=C=Nc1cccc(N2C(=O)C=CC2=O)c1. The number of carbonyl (C=O) groups is 2. The Morgan fingerprint density at radius 1 is 1.12 bits per heavy atom. The molecule has 5 heteroatoms. The van der Waals surface area contributed by atoms with Crippen LogP contribution in [0.3, 0.4) is 0 Å². The molecular formula is C11H6N2O3. The Hall–Kier alpha value is -2.52. The Balaban J connectivity index is 2.41. The number of rotatable bonds is 2. The molecule has 0 atom stereocenters. The maximum Gasteiger partial charge on any atom is 0.258 e. The molecule has 2 rings (SSSR count). The second-order valence-electron chi connectivity index (χ2n) is 3.07. The third-order valence-corrected chi connectivity index (χ3v) is 2.07. The molecule has 1 aromatic carbocycles. The summed E-state index contributed by atoms with van der Waals surface area (Å²) >= 11 is 0. The van der Waals surface area contributed by atoms with E-state index in [2.05, 4.69) is 4.99 Å². The summed E-state index contributed by atoms with van der Waals surface area (Å²) < 4.78 is 0. The van der Waals surface area contributed by atoms with E-state index in [4.69, 9.17) is 0 Å². The molecule has 0 N–H and O–H groups in total. The summed E-state index contributed by atoms with van der Waals surface area (Å²) in [6.07, 6.45) is 3.78. The third kappa shape index (κ3) is 1.67. The van der Waals surface area contributed by atoms with Crippen molar-refractivity contribution in [1.82, 2.24) is 0 Å². The average Bonchev–Trinajstić information content (AvgIpc) is 2.59. The van der Waals surface area contributed by atoms with E-state index in [1.807, 2.05) is 0 Å². The Bertz CT molecular complexity index is 524. The van der Waals surface area contributed by atoms with Crippen LogP contribution in [-0.2, 0) is 14.4 Å². The lowest BCUT2D eigenvalue weighted by molar-refractivity contribution is -0.119. The number of carbonyl (C=O) groups excluding carboxylic acids is 3. The molecule has 0 aliphatic carbocycles. The van der Waals surface area contributed by atoms with Gasteiger partial charge >= 0.3 is 0 Å². The number of isocyanates is 1. The third-order valence-electron chi connectivity index (χ3n) is 2.07. The van der Waals surface area contributed by atoms with Gasteiger partial charge in [-0.05, 0) is 18.2 Å². The number of amides is 2. The van der Waals surface area contributed by atoms with Gasteiger partial charge in [0, 0.05) is 12.2 Å². The van der Waals surface area contributed by atoms with Crippen molar-refractivity contribution >= 4 is 29.3 Å². The Morgan fingerprint density at radius 3 is 2.44 bits per heavy atom. The van der Waals surface area contributed by atoms with E-state index >= 15 is 0 Å². The van der Waals surface area contributed by atoms with Crippen LogP contribution in [0, 0.1) is 0 Å². The molecular weight excluding hydrogens is 208 g/mol. The minimum Gasteiger partial charge on any atom is -0.269 e. The van der Waals surface area contributed by atoms with Crippen LogP contribution in [0.4, 0.5) is 11.4 Å². The second kappa shape index (κ2) is 3.92. The maximum atomic E-state index is 11.4. The van der Waals surface area contributed by atoms with Gasteiger partial charge in [-0.25, -0.2) is 9.69 Å². The molecule has 16 heavy (non-hydrogen) atoms.